The Morgan fingerprint density at radius 2 is 1.70 bits per heavy atom. The zero-order valence-corrected chi connectivity index (χ0v) is 26.3. The van der Waals surface area contributed by atoms with Gasteiger partial charge in [-0.2, -0.15) is 0 Å². The van der Waals surface area contributed by atoms with Crippen molar-refractivity contribution in [1.82, 2.24) is 9.21 Å². The number of carboxylic acids is 1. The predicted octanol–water partition coefficient (Wildman–Crippen LogP) is 6.38. The van der Waals surface area contributed by atoms with Crippen molar-refractivity contribution in [2.45, 2.75) is 57.0 Å². The van der Waals surface area contributed by atoms with Crippen LogP contribution in [0.15, 0.2) is 78.9 Å². The van der Waals surface area contributed by atoms with Crippen LogP contribution >= 0.6 is 23.2 Å². The van der Waals surface area contributed by atoms with Crippen LogP contribution in [0.3, 0.4) is 0 Å². The second-order valence-electron chi connectivity index (χ2n) is 12.0. The Morgan fingerprint density at radius 1 is 1.00 bits per heavy atom. The maximum atomic E-state index is 14.6. The van der Waals surface area contributed by atoms with E-state index in [0.29, 0.717) is 22.9 Å². The topological polar surface area (TPSA) is 95.0 Å². The average molecular weight is 644 g/mol. The third kappa shape index (κ3) is 7.43. The zero-order chi connectivity index (χ0) is 30.7. The van der Waals surface area contributed by atoms with Crippen LogP contribution in [0.5, 0.6) is 0 Å². The van der Waals surface area contributed by atoms with E-state index in [1.807, 2.05) is 65.6 Å². The van der Waals surface area contributed by atoms with Crippen molar-refractivity contribution < 1.29 is 23.1 Å². The normalized spacial score (nSPS) is 23.1. The van der Waals surface area contributed by atoms with Crippen LogP contribution in [0.1, 0.15) is 61.3 Å². The quantitative estimate of drug-likeness (QED) is 0.224. The van der Waals surface area contributed by atoms with Crippen LogP contribution < -0.4 is 0 Å². The van der Waals surface area contributed by atoms with E-state index in [9.17, 15) is 23.1 Å². The minimum absolute atomic E-state index is 0.0973. The van der Waals surface area contributed by atoms with Gasteiger partial charge in [0.1, 0.15) is 0 Å². The summed E-state index contributed by atoms with van der Waals surface area (Å²) in [6.45, 7) is 2.14. The summed E-state index contributed by atoms with van der Waals surface area (Å²) in [5.74, 6) is -1.52. The largest absolute Gasteiger partial charge is 0.481 e. The summed E-state index contributed by atoms with van der Waals surface area (Å²) >= 11 is 12.7. The summed E-state index contributed by atoms with van der Waals surface area (Å²) in [6, 6.07) is 23.6. The van der Waals surface area contributed by atoms with Crippen molar-refractivity contribution in [1.29, 1.82) is 0 Å². The number of hydrogen-bond donors (Lipinski definition) is 2. The number of aliphatic carboxylic acids is 1. The van der Waals surface area contributed by atoms with Crippen LogP contribution in [0.25, 0.3) is 0 Å². The number of piperidine rings is 1. The van der Waals surface area contributed by atoms with E-state index in [1.54, 1.807) is 25.1 Å². The Morgan fingerprint density at radius 3 is 2.30 bits per heavy atom. The molecule has 3 aromatic rings. The summed E-state index contributed by atoms with van der Waals surface area (Å²) in [5, 5.41) is 11.0. The van der Waals surface area contributed by atoms with Crippen molar-refractivity contribution in [3.8, 4) is 0 Å². The fraction of sp³-hybridized carbons (Fsp3) is 0.394. The first-order valence-electron chi connectivity index (χ1n) is 14.5. The second-order valence-corrected chi connectivity index (χ2v) is 13.9. The Labute approximate surface area is 264 Å². The number of carbonyl (C=O) groups is 2. The molecule has 43 heavy (non-hydrogen) atoms. The number of carboxylic acid groups (broad SMARTS) is 1. The van der Waals surface area contributed by atoms with Gasteiger partial charge < -0.3 is 10.0 Å². The van der Waals surface area contributed by atoms with Crippen molar-refractivity contribution in [2.24, 2.45) is 11.3 Å². The third-order valence-electron chi connectivity index (χ3n) is 8.79. The molecule has 4 atom stereocenters. The molecule has 1 N–H and O–H groups in total. The average Bonchev–Trinajstić information content (AvgIpc) is 3.81. The van der Waals surface area contributed by atoms with E-state index in [4.69, 9.17) is 23.2 Å². The summed E-state index contributed by atoms with van der Waals surface area (Å²) in [4.78, 5) is 28.6. The Kier molecular flexibility index (Phi) is 9.81. The van der Waals surface area contributed by atoms with E-state index in [1.165, 1.54) is 4.31 Å². The third-order valence-corrected chi connectivity index (χ3v) is 10.1. The highest BCUT2D eigenvalue weighted by Gasteiger charge is 2.54. The van der Waals surface area contributed by atoms with Gasteiger partial charge in [-0.1, -0.05) is 84.7 Å². The smallest absolute Gasteiger partial charge is 0.304 e. The SMILES string of the molecule is C[C@]1(CC(=O)O)C[C@H](c2cccc(Cl)c2)[C@@H](c2ccc(Cl)cc2)N([C@H](CN(CCc2ccccc2)[SH](=O)=O)C2CC2)C1=O. The summed E-state index contributed by atoms with van der Waals surface area (Å²) in [5.41, 5.74) is 1.57. The molecule has 0 spiro atoms. The Bertz CT molecular complexity index is 1520. The molecule has 0 aromatic heterocycles. The Balaban J connectivity index is 1.60. The molecule has 1 saturated carbocycles. The van der Waals surface area contributed by atoms with E-state index >= 15 is 0 Å². The van der Waals surface area contributed by atoms with Gasteiger partial charge in [0.05, 0.1) is 17.9 Å². The number of nitrogens with zero attached hydrogens (tertiary/aromatic N) is 2. The molecule has 1 heterocycles. The van der Waals surface area contributed by atoms with Gasteiger partial charge in [-0.3, -0.25) is 9.59 Å². The molecule has 10 heteroatoms. The van der Waals surface area contributed by atoms with E-state index in [0.717, 1.165) is 29.5 Å². The van der Waals surface area contributed by atoms with Crippen LogP contribution in [0, 0.1) is 11.3 Å². The van der Waals surface area contributed by atoms with Crippen LogP contribution in [0.4, 0.5) is 0 Å². The zero-order valence-electron chi connectivity index (χ0n) is 23.9. The number of likely N-dealkylation sites (tertiary alicyclic amines) is 1. The lowest BCUT2D eigenvalue weighted by Gasteiger charge is -2.52. The lowest BCUT2D eigenvalue weighted by molar-refractivity contribution is -0.161. The molecule has 0 bridgehead atoms. The first-order valence-corrected chi connectivity index (χ1v) is 16.4. The van der Waals surface area contributed by atoms with Crippen LogP contribution in [0.2, 0.25) is 10.0 Å². The minimum Gasteiger partial charge on any atom is -0.481 e. The Hall–Kier alpha value is -2.91. The molecule has 0 radical (unpaired) electrons. The molecule has 1 amide bonds. The molecular formula is C33H36Cl2N2O5S. The van der Waals surface area contributed by atoms with Gasteiger partial charge in [0.2, 0.25) is 16.8 Å². The maximum Gasteiger partial charge on any atom is 0.304 e. The number of hydrogen-bond acceptors (Lipinski definition) is 4. The van der Waals surface area contributed by atoms with Gasteiger partial charge in [-0.05, 0) is 72.6 Å². The molecule has 1 saturated heterocycles. The van der Waals surface area contributed by atoms with Gasteiger partial charge in [-0.25, -0.2) is 12.7 Å². The molecular weight excluding hydrogens is 607 g/mol. The van der Waals surface area contributed by atoms with Gasteiger partial charge >= 0.3 is 5.97 Å². The molecule has 1 aliphatic carbocycles. The van der Waals surface area contributed by atoms with Crippen molar-refractivity contribution >= 4 is 46.0 Å². The summed E-state index contributed by atoms with van der Waals surface area (Å²) < 4.78 is 26.6. The lowest BCUT2D eigenvalue weighted by atomic mass is 9.67. The standard InChI is InChI=1S/C33H36Cl2N2O5S/c1-33(20-30(38)39)19-28(25-8-5-9-27(35)18-25)31(24-12-14-26(34)15-13-24)37(32(33)40)29(23-10-11-23)21-36(43(41)42)17-16-22-6-3-2-4-7-22/h2-9,12-15,18,23,28-29,31,43H,10-11,16-17,19-21H2,1H3,(H,38,39)/t28-,29-,31-,33-/m1/s1. The monoisotopic (exact) mass is 642 g/mol. The molecule has 228 valence electrons. The van der Waals surface area contributed by atoms with Crippen LogP contribution in [-0.2, 0) is 26.9 Å². The minimum atomic E-state index is -2.93. The van der Waals surface area contributed by atoms with Crippen LogP contribution in [-0.4, -0.2) is 53.7 Å². The van der Waals surface area contributed by atoms with Crippen molar-refractivity contribution in [3.63, 3.8) is 0 Å². The first-order chi connectivity index (χ1) is 20.6. The maximum absolute atomic E-state index is 14.6. The fourth-order valence-corrected chi connectivity index (χ4v) is 7.44. The van der Waals surface area contributed by atoms with E-state index in [2.05, 4.69) is 0 Å². The second kappa shape index (κ2) is 13.4. The van der Waals surface area contributed by atoms with Gasteiger partial charge in [0.25, 0.3) is 0 Å². The molecule has 0 unspecified atom stereocenters. The summed E-state index contributed by atoms with van der Waals surface area (Å²) in [7, 11) is -2.93. The number of benzene rings is 3. The number of amides is 1. The number of rotatable bonds is 12. The van der Waals surface area contributed by atoms with Crippen molar-refractivity contribution in [3.05, 3.63) is 106 Å². The van der Waals surface area contributed by atoms with Gasteiger partial charge in [0.15, 0.2) is 0 Å². The van der Waals surface area contributed by atoms with E-state index < -0.39 is 34.4 Å². The van der Waals surface area contributed by atoms with Gasteiger partial charge in [-0.15, -0.1) is 0 Å². The highest BCUT2D eigenvalue weighted by atomic mass is 35.5. The first kappa shape index (κ1) is 31.5. The predicted molar refractivity (Wildman–Crippen MR) is 169 cm³/mol. The number of thiol groups is 1. The number of carbonyl (C=O) groups excluding carboxylic acids is 1. The lowest BCUT2D eigenvalue weighted by Crippen LogP contribution is -2.59. The summed E-state index contributed by atoms with van der Waals surface area (Å²) in [6.07, 6.45) is 2.23. The number of halogens is 2. The highest BCUT2D eigenvalue weighted by Crippen LogP contribution is 2.54. The van der Waals surface area contributed by atoms with Gasteiger partial charge in [0, 0.05) is 35.1 Å². The van der Waals surface area contributed by atoms with E-state index in [-0.39, 0.29) is 37.3 Å². The molecule has 1 aliphatic heterocycles. The molecule has 3 aromatic carbocycles. The molecule has 7 nitrogen and oxygen atoms in total. The fourth-order valence-electron chi connectivity index (χ4n) is 6.55. The molecule has 2 aliphatic rings. The molecule has 5 rings (SSSR count). The highest BCUT2D eigenvalue weighted by molar-refractivity contribution is 7.69. The van der Waals surface area contributed by atoms with Crippen molar-refractivity contribution in [2.75, 3.05) is 13.1 Å². The molecule has 2 fully saturated rings.